The topological polar surface area (TPSA) is 108 Å². The number of benzene rings is 2. The molecule has 1 fully saturated rings. The standard InChI is InChI=1S/C22H21N3O5S/c1-24-14-4-2-3-5-18(14)31-19-8-12(6-7-15(19)24)13-10-25(22(29)23-21(13)28)20-9-16(27)17(11-26)30-20/h2-8,10,16-17,20,26-27H,9,11H2,1H3,(H,23,28,29)/t16-,17+,20+/m0/s1. The highest BCUT2D eigenvalue weighted by Crippen LogP contribution is 2.48. The molecule has 3 N–H and O–H groups in total. The third kappa shape index (κ3) is 3.39. The Morgan fingerprint density at radius 3 is 2.71 bits per heavy atom. The van der Waals surface area contributed by atoms with Crippen LogP contribution >= 0.6 is 11.8 Å². The number of nitrogens with zero attached hydrogens (tertiary/aromatic N) is 2. The number of nitrogens with one attached hydrogen (secondary N) is 1. The normalized spacial score (nSPS) is 22.3. The van der Waals surface area contributed by atoms with Crippen LogP contribution in [-0.4, -0.2) is 45.6 Å². The lowest BCUT2D eigenvalue weighted by Gasteiger charge is -2.29. The lowest BCUT2D eigenvalue weighted by atomic mass is 10.1. The first-order chi connectivity index (χ1) is 15.0. The number of aliphatic hydroxyl groups excluding tert-OH is 2. The van der Waals surface area contributed by atoms with Crippen LogP contribution in [0.3, 0.4) is 0 Å². The molecular formula is C22H21N3O5S. The molecule has 0 radical (unpaired) electrons. The fourth-order valence-corrected chi connectivity index (χ4v) is 5.25. The molecule has 1 saturated heterocycles. The summed E-state index contributed by atoms with van der Waals surface area (Å²) in [6.07, 6.45) is -0.792. The Bertz CT molecular complexity index is 1270. The highest BCUT2D eigenvalue weighted by atomic mass is 32.2. The van der Waals surface area contributed by atoms with Crippen molar-refractivity contribution in [1.82, 2.24) is 9.55 Å². The van der Waals surface area contributed by atoms with Crippen LogP contribution in [0.5, 0.6) is 0 Å². The van der Waals surface area contributed by atoms with Gasteiger partial charge in [-0.15, -0.1) is 0 Å². The third-order valence-corrected chi connectivity index (χ3v) is 6.85. The van der Waals surface area contributed by atoms with Gasteiger partial charge in [0.15, 0.2) is 0 Å². The summed E-state index contributed by atoms with van der Waals surface area (Å²) >= 11 is 1.63. The summed E-state index contributed by atoms with van der Waals surface area (Å²) in [6.45, 7) is -0.348. The number of hydrogen-bond acceptors (Lipinski definition) is 7. The fourth-order valence-electron chi connectivity index (χ4n) is 4.06. The smallest absolute Gasteiger partial charge is 0.330 e. The minimum Gasteiger partial charge on any atom is -0.394 e. The summed E-state index contributed by atoms with van der Waals surface area (Å²) < 4.78 is 6.86. The second-order valence-electron chi connectivity index (χ2n) is 7.64. The molecule has 9 heteroatoms. The van der Waals surface area contributed by atoms with E-state index < -0.39 is 29.7 Å². The maximum absolute atomic E-state index is 12.6. The maximum Gasteiger partial charge on any atom is 0.330 e. The van der Waals surface area contributed by atoms with E-state index in [0.29, 0.717) is 11.1 Å². The summed E-state index contributed by atoms with van der Waals surface area (Å²) in [6, 6.07) is 13.9. The molecule has 31 heavy (non-hydrogen) atoms. The van der Waals surface area contributed by atoms with Gasteiger partial charge in [-0.25, -0.2) is 4.79 Å². The van der Waals surface area contributed by atoms with E-state index in [4.69, 9.17) is 4.74 Å². The van der Waals surface area contributed by atoms with Crippen molar-refractivity contribution in [2.24, 2.45) is 0 Å². The van der Waals surface area contributed by atoms with Gasteiger partial charge in [0.2, 0.25) is 0 Å². The van der Waals surface area contributed by atoms with Gasteiger partial charge in [-0.1, -0.05) is 30.0 Å². The summed E-state index contributed by atoms with van der Waals surface area (Å²) in [7, 11) is 2.00. The van der Waals surface area contributed by atoms with E-state index >= 15 is 0 Å². The molecule has 0 saturated carbocycles. The highest BCUT2D eigenvalue weighted by molar-refractivity contribution is 7.99. The molecule has 0 bridgehead atoms. The van der Waals surface area contributed by atoms with E-state index in [0.717, 1.165) is 21.2 Å². The van der Waals surface area contributed by atoms with E-state index in [1.54, 1.807) is 11.8 Å². The Morgan fingerprint density at radius 1 is 1.16 bits per heavy atom. The van der Waals surface area contributed by atoms with Crippen molar-refractivity contribution in [3.05, 3.63) is 69.5 Å². The average Bonchev–Trinajstić information content (AvgIpc) is 3.14. The van der Waals surface area contributed by atoms with Gasteiger partial charge in [0.05, 0.1) is 29.6 Å². The molecule has 5 rings (SSSR count). The van der Waals surface area contributed by atoms with Crippen LogP contribution in [0.2, 0.25) is 0 Å². The Labute approximate surface area is 181 Å². The van der Waals surface area contributed by atoms with E-state index in [1.807, 2.05) is 37.4 Å². The summed E-state index contributed by atoms with van der Waals surface area (Å²) in [4.78, 5) is 31.6. The Kier molecular flexibility index (Phi) is 4.98. The molecule has 3 heterocycles. The van der Waals surface area contributed by atoms with Crippen molar-refractivity contribution in [2.75, 3.05) is 18.6 Å². The second-order valence-corrected chi connectivity index (χ2v) is 8.72. The Balaban J connectivity index is 1.55. The molecule has 8 nitrogen and oxygen atoms in total. The number of aliphatic hydroxyl groups is 2. The minimum atomic E-state index is -0.881. The van der Waals surface area contributed by atoms with Crippen LogP contribution in [0.15, 0.2) is 68.0 Å². The monoisotopic (exact) mass is 439 g/mol. The largest absolute Gasteiger partial charge is 0.394 e. The fraction of sp³-hybridized carbons (Fsp3) is 0.273. The molecule has 0 unspecified atom stereocenters. The molecule has 3 atom stereocenters. The zero-order valence-electron chi connectivity index (χ0n) is 16.7. The van der Waals surface area contributed by atoms with Crippen LogP contribution in [0, 0.1) is 0 Å². The average molecular weight is 439 g/mol. The second kappa shape index (κ2) is 7.69. The molecule has 2 aliphatic heterocycles. The van der Waals surface area contributed by atoms with Gasteiger partial charge in [0.25, 0.3) is 5.56 Å². The van der Waals surface area contributed by atoms with E-state index in [1.165, 1.54) is 10.8 Å². The SMILES string of the molecule is CN1c2ccccc2Sc2cc(-c3cn([C@H]4C[C@H](O)[C@@H](CO)O4)c(=O)[nH]c3=O)ccc21. The Hall–Kier alpha value is -2.85. The number of ether oxygens (including phenoxy) is 1. The first-order valence-corrected chi connectivity index (χ1v) is 10.7. The zero-order chi connectivity index (χ0) is 21.7. The van der Waals surface area contributed by atoms with E-state index in [-0.39, 0.29) is 13.0 Å². The van der Waals surface area contributed by atoms with Crippen LogP contribution < -0.4 is 16.1 Å². The van der Waals surface area contributed by atoms with Crippen molar-refractivity contribution >= 4 is 23.1 Å². The third-order valence-electron chi connectivity index (χ3n) is 5.74. The van der Waals surface area contributed by atoms with Gasteiger partial charge in [0.1, 0.15) is 12.3 Å². The van der Waals surface area contributed by atoms with E-state index in [2.05, 4.69) is 22.0 Å². The van der Waals surface area contributed by atoms with Gasteiger partial charge < -0.3 is 19.8 Å². The van der Waals surface area contributed by atoms with Gasteiger partial charge in [0, 0.05) is 29.5 Å². The minimum absolute atomic E-state index is 0.151. The van der Waals surface area contributed by atoms with Crippen molar-refractivity contribution in [2.45, 2.75) is 34.6 Å². The molecule has 0 aliphatic carbocycles. The van der Waals surface area contributed by atoms with Crippen LogP contribution in [0.4, 0.5) is 11.4 Å². The zero-order valence-corrected chi connectivity index (χ0v) is 17.5. The van der Waals surface area contributed by atoms with Crippen molar-refractivity contribution < 1.29 is 14.9 Å². The number of fused-ring (bicyclic) bond motifs is 2. The molecule has 0 spiro atoms. The van der Waals surface area contributed by atoms with Crippen molar-refractivity contribution in [1.29, 1.82) is 0 Å². The Morgan fingerprint density at radius 2 is 1.94 bits per heavy atom. The van der Waals surface area contributed by atoms with Crippen molar-refractivity contribution in [3.63, 3.8) is 0 Å². The molecule has 0 amide bonds. The predicted octanol–water partition coefficient (Wildman–Crippen LogP) is 2.08. The van der Waals surface area contributed by atoms with Crippen LogP contribution in [0.25, 0.3) is 11.1 Å². The number of para-hydroxylation sites is 1. The molecule has 2 aromatic carbocycles. The van der Waals surface area contributed by atoms with Crippen molar-refractivity contribution in [3.8, 4) is 11.1 Å². The summed E-state index contributed by atoms with van der Waals surface area (Å²) in [5.41, 5.74) is 2.04. The molecule has 1 aromatic heterocycles. The molecule has 2 aliphatic rings. The quantitative estimate of drug-likeness (QED) is 0.573. The number of aromatic nitrogens is 2. The van der Waals surface area contributed by atoms with Gasteiger partial charge in [-0.2, -0.15) is 0 Å². The molecule has 160 valence electrons. The summed E-state index contributed by atoms with van der Waals surface area (Å²) in [5.74, 6) is 0. The first-order valence-electron chi connectivity index (χ1n) is 9.91. The predicted molar refractivity (Wildman–Crippen MR) is 117 cm³/mol. The lowest BCUT2D eigenvalue weighted by molar-refractivity contribution is -0.0458. The number of aromatic amines is 1. The summed E-state index contributed by atoms with van der Waals surface area (Å²) in [5, 5.41) is 19.3. The number of H-pyrrole nitrogens is 1. The van der Waals surface area contributed by atoms with Crippen LogP contribution in [0.1, 0.15) is 12.6 Å². The lowest BCUT2D eigenvalue weighted by Crippen LogP contribution is -2.33. The number of hydrogen-bond donors (Lipinski definition) is 3. The maximum atomic E-state index is 12.6. The first kappa shape index (κ1) is 20.1. The molecular weight excluding hydrogens is 418 g/mol. The molecule has 3 aromatic rings. The van der Waals surface area contributed by atoms with E-state index in [9.17, 15) is 19.8 Å². The number of anilines is 2. The highest BCUT2D eigenvalue weighted by Gasteiger charge is 2.35. The number of rotatable bonds is 3. The van der Waals surface area contributed by atoms with Gasteiger partial charge in [-0.05, 0) is 29.8 Å². The van der Waals surface area contributed by atoms with Gasteiger partial charge in [-0.3, -0.25) is 14.3 Å². The van der Waals surface area contributed by atoms with Crippen LogP contribution in [-0.2, 0) is 4.74 Å². The van der Waals surface area contributed by atoms with Gasteiger partial charge >= 0.3 is 5.69 Å².